The number of aliphatic imine (C=N–C) groups is 1. The zero-order valence-corrected chi connectivity index (χ0v) is 24.2. The third kappa shape index (κ3) is 7.16. The SMILES string of the molecule is CCOC(=O)C1C(C)=NC(C)=C(C(=O)OC(CN(C)Cc2ccccc2)c2ccccc2)C1c1cccc([N+](=O)[O-])c1. The van der Waals surface area contributed by atoms with Crippen LogP contribution in [0.1, 0.15) is 49.5 Å². The quantitative estimate of drug-likeness (QED) is 0.158. The third-order valence-electron chi connectivity index (χ3n) is 7.22. The van der Waals surface area contributed by atoms with E-state index in [0.717, 1.165) is 11.1 Å². The van der Waals surface area contributed by atoms with E-state index in [1.807, 2.05) is 67.7 Å². The summed E-state index contributed by atoms with van der Waals surface area (Å²) in [7, 11) is 1.96. The number of nitro benzene ring substituents is 1. The number of ether oxygens (including phenoxy) is 2. The molecule has 0 saturated heterocycles. The van der Waals surface area contributed by atoms with E-state index in [0.29, 0.717) is 30.1 Å². The first-order valence-corrected chi connectivity index (χ1v) is 13.8. The van der Waals surface area contributed by atoms with Crippen LogP contribution in [-0.4, -0.2) is 47.7 Å². The number of non-ortho nitro benzene ring substituents is 1. The van der Waals surface area contributed by atoms with Crippen LogP contribution in [0.15, 0.2) is 101 Å². The molecule has 9 heteroatoms. The van der Waals surface area contributed by atoms with Gasteiger partial charge < -0.3 is 9.47 Å². The number of hydrogen-bond donors (Lipinski definition) is 0. The van der Waals surface area contributed by atoms with Crippen molar-refractivity contribution in [2.24, 2.45) is 10.9 Å². The molecule has 0 aromatic heterocycles. The summed E-state index contributed by atoms with van der Waals surface area (Å²) >= 11 is 0. The van der Waals surface area contributed by atoms with E-state index >= 15 is 0 Å². The second-order valence-electron chi connectivity index (χ2n) is 10.3. The number of carbonyl (C=O) groups excluding carboxylic acids is 2. The number of likely N-dealkylation sites (N-methyl/N-ethyl adjacent to an activating group) is 1. The molecule has 1 aliphatic rings. The van der Waals surface area contributed by atoms with Crippen molar-refractivity contribution in [3.8, 4) is 0 Å². The van der Waals surface area contributed by atoms with E-state index < -0.39 is 34.8 Å². The molecule has 3 aromatic rings. The van der Waals surface area contributed by atoms with Gasteiger partial charge in [-0.2, -0.15) is 0 Å². The molecule has 3 unspecified atom stereocenters. The van der Waals surface area contributed by atoms with Gasteiger partial charge in [0.25, 0.3) is 5.69 Å². The molecule has 0 spiro atoms. The van der Waals surface area contributed by atoms with Gasteiger partial charge in [0.1, 0.15) is 12.0 Å². The van der Waals surface area contributed by atoms with Crippen molar-refractivity contribution >= 4 is 23.3 Å². The van der Waals surface area contributed by atoms with E-state index in [1.165, 1.54) is 12.1 Å². The van der Waals surface area contributed by atoms with Gasteiger partial charge >= 0.3 is 11.9 Å². The van der Waals surface area contributed by atoms with Gasteiger partial charge in [-0.25, -0.2) is 4.79 Å². The Kier molecular flexibility index (Phi) is 9.98. The fourth-order valence-corrected chi connectivity index (χ4v) is 5.35. The average molecular weight is 570 g/mol. The van der Waals surface area contributed by atoms with Gasteiger partial charge in [-0.05, 0) is 44.5 Å². The van der Waals surface area contributed by atoms with Crippen LogP contribution in [0.5, 0.6) is 0 Å². The van der Waals surface area contributed by atoms with E-state index in [-0.39, 0.29) is 17.9 Å². The fraction of sp³-hybridized carbons (Fsp3) is 0.303. The number of benzene rings is 3. The summed E-state index contributed by atoms with van der Waals surface area (Å²) in [6.07, 6.45) is -0.633. The van der Waals surface area contributed by atoms with Crippen molar-refractivity contribution < 1.29 is 24.0 Å². The summed E-state index contributed by atoms with van der Waals surface area (Å²) in [6, 6.07) is 25.4. The normalized spacial score (nSPS) is 17.4. The van der Waals surface area contributed by atoms with Gasteiger partial charge in [-0.3, -0.25) is 24.8 Å². The Labute approximate surface area is 245 Å². The summed E-state index contributed by atoms with van der Waals surface area (Å²) in [5.41, 5.74) is 3.24. The summed E-state index contributed by atoms with van der Waals surface area (Å²) in [4.78, 5) is 45.1. The fourth-order valence-electron chi connectivity index (χ4n) is 5.35. The van der Waals surface area contributed by atoms with Crippen molar-refractivity contribution in [2.45, 2.75) is 39.3 Å². The van der Waals surface area contributed by atoms with Gasteiger partial charge in [0.15, 0.2) is 0 Å². The van der Waals surface area contributed by atoms with Crippen LogP contribution in [0.4, 0.5) is 5.69 Å². The van der Waals surface area contributed by atoms with Crippen LogP contribution >= 0.6 is 0 Å². The Balaban J connectivity index is 1.72. The minimum atomic E-state index is -0.950. The topological polar surface area (TPSA) is 111 Å². The highest BCUT2D eigenvalue weighted by molar-refractivity contribution is 6.07. The van der Waals surface area contributed by atoms with Crippen LogP contribution in [0, 0.1) is 16.0 Å². The molecule has 1 heterocycles. The molecule has 0 bridgehead atoms. The standard InChI is InChI=1S/C33H35N3O6/c1-5-41-32(37)29-22(2)34-23(3)30(31(29)26-17-12-18-27(19-26)36(39)40)33(38)42-28(25-15-10-7-11-16-25)21-35(4)20-24-13-8-6-9-14-24/h6-19,28-29,31H,5,20-21H2,1-4H3. The van der Waals surface area contributed by atoms with Gasteiger partial charge in [0.05, 0.1) is 17.1 Å². The minimum absolute atomic E-state index is 0.135. The molecule has 42 heavy (non-hydrogen) atoms. The largest absolute Gasteiger partial charge is 0.465 e. The van der Waals surface area contributed by atoms with Gasteiger partial charge in [0.2, 0.25) is 0 Å². The van der Waals surface area contributed by atoms with E-state index in [4.69, 9.17) is 9.47 Å². The highest BCUT2D eigenvalue weighted by Crippen LogP contribution is 2.41. The van der Waals surface area contributed by atoms with E-state index in [2.05, 4.69) is 9.89 Å². The lowest BCUT2D eigenvalue weighted by Gasteiger charge is -2.32. The molecule has 1 aliphatic heterocycles. The Hall–Kier alpha value is -4.63. The third-order valence-corrected chi connectivity index (χ3v) is 7.22. The Bertz CT molecular complexity index is 1490. The zero-order valence-electron chi connectivity index (χ0n) is 24.2. The number of nitrogens with zero attached hydrogens (tertiary/aromatic N) is 3. The molecule has 3 aromatic carbocycles. The predicted octanol–water partition coefficient (Wildman–Crippen LogP) is 6.02. The molecule has 9 nitrogen and oxygen atoms in total. The highest BCUT2D eigenvalue weighted by Gasteiger charge is 2.43. The molecular weight excluding hydrogens is 534 g/mol. The van der Waals surface area contributed by atoms with Crippen molar-refractivity contribution in [1.82, 2.24) is 4.90 Å². The molecule has 0 N–H and O–H groups in total. The molecule has 0 aliphatic carbocycles. The smallest absolute Gasteiger partial charge is 0.337 e. The second-order valence-corrected chi connectivity index (χ2v) is 10.3. The Morgan fingerprint density at radius 2 is 1.67 bits per heavy atom. The van der Waals surface area contributed by atoms with Crippen LogP contribution in [0.3, 0.4) is 0 Å². The molecule has 4 rings (SSSR count). The molecule has 0 radical (unpaired) electrons. The van der Waals surface area contributed by atoms with Crippen molar-refractivity contribution in [3.05, 3.63) is 123 Å². The molecule has 3 atom stereocenters. The van der Waals surface area contributed by atoms with Crippen LogP contribution in [0.25, 0.3) is 0 Å². The molecule has 0 saturated carbocycles. The monoisotopic (exact) mass is 569 g/mol. The molecule has 218 valence electrons. The summed E-state index contributed by atoms with van der Waals surface area (Å²) in [6.45, 7) is 6.27. The molecule has 0 amide bonds. The molecule has 0 fully saturated rings. The number of allylic oxidation sites excluding steroid dienone is 1. The van der Waals surface area contributed by atoms with Crippen LogP contribution in [-0.2, 0) is 25.6 Å². The minimum Gasteiger partial charge on any atom is -0.465 e. The maximum atomic E-state index is 14.1. The van der Waals surface area contributed by atoms with Crippen molar-refractivity contribution in [3.63, 3.8) is 0 Å². The van der Waals surface area contributed by atoms with E-state index in [9.17, 15) is 19.7 Å². The van der Waals surface area contributed by atoms with E-state index in [1.54, 1.807) is 32.9 Å². The number of carbonyl (C=O) groups is 2. The van der Waals surface area contributed by atoms with Crippen LogP contribution in [0.2, 0.25) is 0 Å². The Morgan fingerprint density at radius 3 is 2.31 bits per heavy atom. The zero-order chi connectivity index (χ0) is 30.2. The number of esters is 2. The summed E-state index contributed by atoms with van der Waals surface area (Å²) in [5.74, 6) is -3.03. The van der Waals surface area contributed by atoms with Gasteiger partial charge in [0, 0.05) is 42.5 Å². The van der Waals surface area contributed by atoms with Crippen molar-refractivity contribution in [2.75, 3.05) is 20.2 Å². The highest BCUT2D eigenvalue weighted by atomic mass is 16.6. The first kappa shape index (κ1) is 30.3. The van der Waals surface area contributed by atoms with Crippen molar-refractivity contribution in [1.29, 1.82) is 0 Å². The maximum Gasteiger partial charge on any atom is 0.337 e. The lowest BCUT2D eigenvalue weighted by molar-refractivity contribution is -0.384. The predicted molar refractivity (Wildman–Crippen MR) is 160 cm³/mol. The first-order chi connectivity index (χ1) is 20.2. The second kappa shape index (κ2) is 13.8. The van der Waals surface area contributed by atoms with Gasteiger partial charge in [-0.15, -0.1) is 0 Å². The number of hydrogen-bond acceptors (Lipinski definition) is 8. The molecular formula is C33H35N3O6. The number of nitro groups is 1. The lowest BCUT2D eigenvalue weighted by atomic mass is 9.75. The number of rotatable bonds is 11. The van der Waals surface area contributed by atoms with Gasteiger partial charge in [-0.1, -0.05) is 72.8 Å². The van der Waals surface area contributed by atoms with Crippen LogP contribution < -0.4 is 0 Å². The summed E-state index contributed by atoms with van der Waals surface area (Å²) in [5, 5.41) is 11.6. The maximum absolute atomic E-state index is 14.1. The Morgan fingerprint density at radius 1 is 1.00 bits per heavy atom. The summed E-state index contributed by atoms with van der Waals surface area (Å²) < 4.78 is 11.6. The average Bonchev–Trinajstić information content (AvgIpc) is 2.97. The first-order valence-electron chi connectivity index (χ1n) is 13.8. The lowest BCUT2D eigenvalue weighted by Crippen LogP contribution is -2.37.